The van der Waals surface area contributed by atoms with Crippen molar-refractivity contribution in [3.63, 3.8) is 0 Å². The number of nitro groups is 1. The molecular formula is C64H71N11O15S2. The molecule has 0 unspecified atom stereocenters. The Kier molecular flexibility index (Phi) is 26.5. The molecule has 484 valence electrons. The van der Waals surface area contributed by atoms with Crippen molar-refractivity contribution in [1.29, 1.82) is 10.8 Å². The second-order valence-electron chi connectivity index (χ2n) is 20.9. The van der Waals surface area contributed by atoms with Crippen LogP contribution in [-0.4, -0.2) is 105 Å². The maximum Gasteiger partial charge on any atom is 0.513 e. The van der Waals surface area contributed by atoms with Gasteiger partial charge in [-0.25, -0.2) is 36.7 Å². The highest BCUT2D eigenvalue weighted by Gasteiger charge is 2.26. The van der Waals surface area contributed by atoms with E-state index in [2.05, 4.69) is 20.7 Å². The number of sulfonamides is 2. The van der Waals surface area contributed by atoms with Gasteiger partial charge in [-0.1, -0.05) is 125 Å². The van der Waals surface area contributed by atoms with Crippen molar-refractivity contribution >= 4 is 84.7 Å². The van der Waals surface area contributed by atoms with Crippen LogP contribution in [0, 0.1) is 32.8 Å². The van der Waals surface area contributed by atoms with Gasteiger partial charge < -0.3 is 40.4 Å². The first kappa shape index (κ1) is 72.1. The topological polar surface area (TPSA) is 410 Å². The molecule has 0 spiro atoms. The highest BCUT2D eigenvalue weighted by molar-refractivity contribution is 7.89. The number of primary sulfonamides is 2. The van der Waals surface area contributed by atoms with Crippen molar-refractivity contribution in [3.8, 4) is 28.0 Å². The van der Waals surface area contributed by atoms with Crippen molar-refractivity contribution in [2.24, 2.45) is 27.8 Å². The minimum absolute atomic E-state index is 0.00451. The number of nitro benzene ring substituents is 1. The average Bonchev–Trinajstić information content (AvgIpc) is 0.945. The molecule has 0 saturated heterocycles. The summed E-state index contributed by atoms with van der Waals surface area (Å²) in [5.41, 5.74) is 10.6. The van der Waals surface area contributed by atoms with Crippen LogP contribution in [-0.2, 0) is 61.8 Å². The predicted molar refractivity (Wildman–Crippen MR) is 346 cm³/mol. The Morgan fingerprint density at radius 1 is 0.565 bits per heavy atom. The summed E-state index contributed by atoms with van der Waals surface area (Å²) in [5.74, 6) is -2.90. The maximum atomic E-state index is 13.2. The third kappa shape index (κ3) is 22.4. The lowest BCUT2D eigenvalue weighted by Gasteiger charge is -2.24. The number of nitrogens with two attached hydrogens (primary N) is 3. The minimum Gasteiger partial charge on any atom is -0.450 e. The van der Waals surface area contributed by atoms with E-state index in [-0.39, 0.29) is 71.0 Å². The lowest BCUT2D eigenvalue weighted by atomic mass is 10.1. The van der Waals surface area contributed by atoms with Gasteiger partial charge in [-0.2, -0.15) is 0 Å². The summed E-state index contributed by atoms with van der Waals surface area (Å²) in [7, 11) is -7.85. The highest BCUT2D eigenvalue weighted by Crippen LogP contribution is 2.30. The molecule has 7 rings (SSSR count). The molecule has 0 radical (unpaired) electrons. The summed E-state index contributed by atoms with van der Waals surface area (Å²) in [6, 6.07) is 44.4. The summed E-state index contributed by atoms with van der Waals surface area (Å²) in [6.45, 7) is 12.4. The van der Waals surface area contributed by atoms with Crippen molar-refractivity contribution in [2.75, 3.05) is 36.9 Å². The normalized spacial score (nSPS) is 10.8. The molecule has 7 aromatic carbocycles. The van der Waals surface area contributed by atoms with Crippen molar-refractivity contribution < 1.29 is 64.7 Å². The number of anilines is 2. The number of alkyl carbamates (subject to hydrolysis) is 1. The molecule has 0 atom stereocenters. The molecule has 5 amide bonds. The molecule has 0 saturated carbocycles. The van der Waals surface area contributed by atoms with Gasteiger partial charge in [-0.3, -0.25) is 45.4 Å². The third-order valence-corrected chi connectivity index (χ3v) is 14.6. The third-order valence-electron chi connectivity index (χ3n) is 12.6. The predicted octanol–water partition coefficient (Wildman–Crippen LogP) is 8.73. The smallest absolute Gasteiger partial charge is 0.450 e. The first-order valence-corrected chi connectivity index (χ1v) is 31.4. The molecule has 11 N–H and O–H groups in total. The number of hydrogen-bond acceptors (Lipinski definition) is 17. The average molecular weight is 1300 g/mol. The number of amidine groups is 2. The van der Waals surface area contributed by atoms with Crippen LogP contribution in [0.4, 0.5) is 26.7 Å². The van der Waals surface area contributed by atoms with Crippen LogP contribution in [0.1, 0.15) is 63.8 Å². The van der Waals surface area contributed by atoms with Crippen LogP contribution in [0.5, 0.6) is 5.75 Å². The van der Waals surface area contributed by atoms with E-state index in [0.29, 0.717) is 63.4 Å². The molecule has 26 nitrogen and oxygen atoms in total. The number of nitrogens with zero attached hydrogens (tertiary/aromatic N) is 3. The Bertz CT molecular complexity index is 4040. The number of ether oxygens (including phenoxy) is 3. The van der Waals surface area contributed by atoms with Gasteiger partial charge >= 0.3 is 35.9 Å². The second kappa shape index (κ2) is 33.8. The van der Waals surface area contributed by atoms with Crippen molar-refractivity contribution in [3.05, 3.63) is 202 Å². The van der Waals surface area contributed by atoms with Crippen molar-refractivity contribution in [1.82, 2.24) is 15.1 Å². The van der Waals surface area contributed by atoms with Crippen LogP contribution >= 0.6 is 0 Å². The van der Waals surface area contributed by atoms with Crippen LogP contribution in [0.15, 0.2) is 180 Å². The second-order valence-corrected chi connectivity index (χ2v) is 23.9. The number of benzene rings is 7. The lowest BCUT2D eigenvalue weighted by Crippen LogP contribution is -2.41. The summed E-state index contributed by atoms with van der Waals surface area (Å²) >= 11 is 0. The molecule has 0 aromatic heterocycles. The van der Waals surface area contributed by atoms with Crippen LogP contribution in [0.25, 0.3) is 22.3 Å². The van der Waals surface area contributed by atoms with E-state index >= 15 is 0 Å². The zero-order valence-corrected chi connectivity index (χ0v) is 52.7. The quantitative estimate of drug-likeness (QED) is 0.00672. The summed E-state index contributed by atoms with van der Waals surface area (Å²) in [4.78, 5) is 87.1. The van der Waals surface area contributed by atoms with Crippen LogP contribution < -0.4 is 36.7 Å². The van der Waals surface area contributed by atoms with Gasteiger partial charge in [0.05, 0.1) is 27.9 Å². The van der Waals surface area contributed by atoms with Gasteiger partial charge in [0.1, 0.15) is 17.4 Å². The molecule has 0 fully saturated rings. The summed E-state index contributed by atoms with van der Waals surface area (Å²) in [5, 5.41) is 44.3. The van der Waals surface area contributed by atoms with E-state index in [1.165, 1.54) is 46.2 Å². The number of rotatable bonds is 20. The Balaban J connectivity index is 0.000000275. The molecule has 92 heavy (non-hydrogen) atoms. The largest absolute Gasteiger partial charge is 0.513 e. The lowest BCUT2D eigenvalue weighted by molar-refractivity contribution is -0.384. The number of nitrogens with one attached hydrogen (secondary N) is 5. The zero-order chi connectivity index (χ0) is 67.9. The zero-order valence-electron chi connectivity index (χ0n) is 51.1. The van der Waals surface area contributed by atoms with Crippen LogP contribution in [0.3, 0.4) is 0 Å². The van der Waals surface area contributed by atoms with Gasteiger partial charge in [0, 0.05) is 71.9 Å². The fraction of sp³-hybridized carbons (Fsp3) is 0.219. The molecule has 7 aromatic rings. The van der Waals surface area contributed by atoms with E-state index < -0.39 is 60.8 Å². The SMILES string of the molecule is CC(C)CN(Cc1cccc(C(=N)N)c1)C(=O)C(=O)Nc1ccc(-c2ccccc2S(N)(=O)=O)cc1.CCOC(=O)NC(=N)c1cccc(CN(CC(C)C)C(=O)C(=O)Nc2ccc(-c3ccccc3S(N)(=O)=O)cc2)c1.CCOC(=O)Oc1ccc([N+](=O)[O-])cc1. The maximum absolute atomic E-state index is 13.2. The Hall–Kier alpha value is -10.7. The van der Waals surface area contributed by atoms with Gasteiger partial charge in [0.2, 0.25) is 20.0 Å². The first-order chi connectivity index (χ1) is 43.5. The molecule has 28 heteroatoms. The standard InChI is InChI=1S/C29H33N5O6S.C26H29N5O4S.C9H9NO5/c1-4-40-29(37)33-26(30)22-9-7-8-20(16-22)18-34(17-19(2)3)28(36)27(35)32-23-14-12-21(13-15-23)24-10-5-6-11-25(24)41(31,38)39;1-17(2)15-31(16-18-6-5-7-20(14-18)24(27)28)26(33)25(32)30-21-12-10-19(11-13-21)22-8-3-4-9-23(22)36(29,34)35;1-2-14-9(11)15-8-5-3-7(4-6-8)10(12)13/h5-16,19H,4,17-18H2,1-3H3,(H,32,35)(H2,30,33,37)(H2,31,38,39);3-14,17H,15-16H2,1-2H3,(H3,27,28)(H,30,32)(H2,29,34,35);3-6H,2H2,1H3. The van der Waals surface area contributed by atoms with E-state index in [1.807, 2.05) is 33.8 Å². The Morgan fingerprint density at radius 2 is 0.978 bits per heavy atom. The number of hydrogen-bond donors (Lipinski definition) is 8. The summed E-state index contributed by atoms with van der Waals surface area (Å²) in [6.07, 6.45) is -1.57. The molecule has 0 aliphatic heterocycles. The minimum atomic E-state index is -3.94. The van der Waals surface area contributed by atoms with Gasteiger partial charge in [-0.05, 0) is 109 Å². The molecule has 0 aliphatic rings. The van der Waals surface area contributed by atoms with E-state index in [4.69, 9.17) is 36.3 Å². The van der Waals surface area contributed by atoms with E-state index in [0.717, 1.165) is 5.56 Å². The van der Waals surface area contributed by atoms with Gasteiger partial charge in [-0.15, -0.1) is 0 Å². The van der Waals surface area contributed by atoms with E-state index in [1.54, 1.807) is 141 Å². The fourth-order valence-corrected chi connectivity index (χ4v) is 10.2. The molecule has 0 heterocycles. The summed E-state index contributed by atoms with van der Waals surface area (Å²) < 4.78 is 61.7. The first-order valence-electron chi connectivity index (χ1n) is 28.3. The van der Waals surface area contributed by atoms with Crippen molar-refractivity contribution in [2.45, 2.75) is 64.4 Å². The monoisotopic (exact) mass is 1300 g/mol. The van der Waals surface area contributed by atoms with Gasteiger partial charge in [0.15, 0.2) is 0 Å². The number of non-ortho nitro benzene ring substituents is 1. The number of carbonyl (C=O) groups excluding carboxylic acids is 6. The molecule has 0 aliphatic carbocycles. The number of nitrogen functional groups attached to an aromatic ring is 1. The van der Waals surface area contributed by atoms with Gasteiger partial charge in [0.25, 0.3) is 5.69 Å². The molecule has 0 bridgehead atoms. The number of amides is 5. The van der Waals surface area contributed by atoms with Crippen LogP contribution in [0.2, 0.25) is 0 Å². The molecular weight excluding hydrogens is 1230 g/mol. The number of carbonyl (C=O) groups is 6. The fourth-order valence-electron chi connectivity index (χ4n) is 8.67. The Labute approximate surface area is 532 Å². The Morgan fingerprint density at radius 3 is 1.37 bits per heavy atom. The highest BCUT2D eigenvalue weighted by atomic mass is 32.2. The van der Waals surface area contributed by atoms with E-state index in [9.17, 15) is 55.7 Å².